The van der Waals surface area contributed by atoms with E-state index in [-0.39, 0.29) is 18.1 Å². The third-order valence-electron chi connectivity index (χ3n) is 3.69. The fraction of sp³-hybridized carbons (Fsp3) is 0.158. The molecule has 0 aliphatic heterocycles. The molecular formula is C19H17FN2O2. The summed E-state index contributed by atoms with van der Waals surface area (Å²) >= 11 is 0. The van der Waals surface area contributed by atoms with Gasteiger partial charge >= 0.3 is 0 Å². The van der Waals surface area contributed by atoms with E-state index in [4.69, 9.17) is 4.52 Å². The number of likely N-dealkylation sites (N-methyl/N-ethyl adjacent to an activating group) is 1. The van der Waals surface area contributed by atoms with E-state index >= 15 is 0 Å². The van der Waals surface area contributed by atoms with Crippen LogP contribution in [0.1, 0.15) is 11.3 Å². The predicted molar refractivity (Wildman–Crippen MR) is 88.5 cm³/mol. The van der Waals surface area contributed by atoms with Gasteiger partial charge in [-0.25, -0.2) is 4.39 Å². The fourth-order valence-electron chi connectivity index (χ4n) is 2.41. The number of hydrogen-bond donors (Lipinski definition) is 0. The van der Waals surface area contributed by atoms with Crippen molar-refractivity contribution < 1.29 is 13.7 Å². The minimum atomic E-state index is -0.342. The minimum Gasteiger partial charge on any atom is -0.359 e. The van der Waals surface area contributed by atoms with Gasteiger partial charge in [0.25, 0.3) is 0 Å². The molecule has 0 unspecified atom stereocenters. The van der Waals surface area contributed by atoms with Gasteiger partial charge in [0, 0.05) is 18.7 Å². The second-order valence-electron chi connectivity index (χ2n) is 5.60. The fourth-order valence-corrected chi connectivity index (χ4v) is 2.41. The number of nitrogens with zero attached hydrogens (tertiary/aromatic N) is 2. The summed E-state index contributed by atoms with van der Waals surface area (Å²) in [5.74, 6) is 0.146. The minimum absolute atomic E-state index is 0.113. The first-order valence-electron chi connectivity index (χ1n) is 7.61. The molecule has 1 amide bonds. The highest BCUT2D eigenvalue weighted by Crippen LogP contribution is 2.19. The zero-order valence-electron chi connectivity index (χ0n) is 13.3. The molecule has 24 heavy (non-hydrogen) atoms. The maximum absolute atomic E-state index is 13.2. The SMILES string of the molecule is CN(Cc1cc(-c2ccccc2)no1)C(=O)Cc1cccc(F)c1. The van der Waals surface area contributed by atoms with Crippen LogP contribution in [0.15, 0.2) is 65.2 Å². The Morgan fingerprint density at radius 3 is 2.67 bits per heavy atom. The number of halogens is 1. The largest absolute Gasteiger partial charge is 0.359 e. The molecule has 1 aromatic heterocycles. The van der Waals surface area contributed by atoms with E-state index in [9.17, 15) is 9.18 Å². The Hall–Kier alpha value is -2.95. The number of rotatable bonds is 5. The van der Waals surface area contributed by atoms with Crippen LogP contribution in [0.5, 0.6) is 0 Å². The van der Waals surface area contributed by atoms with Crippen molar-refractivity contribution in [2.75, 3.05) is 7.05 Å². The number of benzene rings is 2. The Bertz CT molecular complexity index is 830. The van der Waals surface area contributed by atoms with Crippen molar-refractivity contribution in [3.05, 3.63) is 77.8 Å². The van der Waals surface area contributed by atoms with Gasteiger partial charge in [-0.1, -0.05) is 47.6 Å². The predicted octanol–water partition coefficient (Wildman–Crippen LogP) is 3.68. The summed E-state index contributed by atoms with van der Waals surface area (Å²) < 4.78 is 18.5. The number of carbonyl (C=O) groups excluding carboxylic acids is 1. The van der Waals surface area contributed by atoms with Crippen molar-refractivity contribution in [3.8, 4) is 11.3 Å². The van der Waals surface area contributed by atoms with Crippen molar-refractivity contribution >= 4 is 5.91 Å². The van der Waals surface area contributed by atoms with Gasteiger partial charge in [0.1, 0.15) is 11.5 Å². The van der Waals surface area contributed by atoms with Crippen LogP contribution in [0, 0.1) is 5.82 Å². The smallest absolute Gasteiger partial charge is 0.227 e. The van der Waals surface area contributed by atoms with E-state index in [0.29, 0.717) is 17.9 Å². The summed E-state index contributed by atoms with van der Waals surface area (Å²) in [5, 5.41) is 4.03. The lowest BCUT2D eigenvalue weighted by atomic mass is 10.1. The van der Waals surface area contributed by atoms with Gasteiger partial charge in [0.2, 0.25) is 5.91 Å². The normalized spacial score (nSPS) is 10.6. The van der Waals surface area contributed by atoms with E-state index in [1.165, 1.54) is 12.1 Å². The van der Waals surface area contributed by atoms with Gasteiger partial charge in [-0.3, -0.25) is 4.79 Å². The van der Waals surface area contributed by atoms with Crippen LogP contribution in [0.25, 0.3) is 11.3 Å². The van der Waals surface area contributed by atoms with Crippen LogP contribution in [0.2, 0.25) is 0 Å². The third kappa shape index (κ3) is 3.87. The average molecular weight is 324 g/mol. The maximum atomic E-state index is 13.2. The zero-order chi connectivity index (χ0) is 16.9. The van der Waals surface area contributed by atoms with E-state index in [2.05, 4.69) is 5.16 Å². The van der Waals surface area contributed by atoms with Crippen LogP contribution in [0.4, 0.5) is 4.39 Å². The molecule has 0 bridgehead atoms. The van der Waals surface area contributed by atoms with E-state index in [1.54, 1.807) is 24.1 Å². The molecule has 0 aliphatic rings. The molecule has 0 N–H and O–H groups in total. The molecule has 0 radical (unpaired) electrons. The number of amides is 1. The molecule has 0 saturated carbocycles. The Kier molecular flexibility index (Phi) is 4.70. The molecule has 122 valence electrons. The van der Waals surface area contributed by atoms with Gasteiger partial charge in [-0.2, -0.15) is 0 Å². The first-order valence-corrected chi connectivity index (χ1v) is 7.61. The highest BCUT2D eigenvalue weighted by molar-refractivity contribution is 5.78. The van der Waals surface area contributed by atoms with Crippen molar-refractivity contribution in [2.45, 2.75) is 13.0 Å². The molecule has 0 spiro atoms. The lowest BCUT2D eigenvalue weighted by Crippen LogP contribution is -2.27. The molecule has 0 aliphatic carbocycles. The van der Waals surface area contributed by atoms with Gasteiger partial charge < -0.3 is 9.42 Å². The van der Waals surface area contributed by atoms with Crippen LogP contribution in [-0.2, 0) is 17.8 Å². The molecule has 5 heteroatoms. The first-order chi connectivity index (χ1) is 11.6. The van der Waals surface area contributed by atoms with E-state index in [1.807, 2.05) is 36.4 Å². The molecule has 2 aromatic carbocycles. The molecule has 4 nitrogen and oxygen atoms in total. The van der Waals surface area contributed by atoms with Gasteiger partial charge in [0.15, 0.2) is 5.76 Å². The van der Waals surface area contributed by atoms with Gasteiger partial charge in [-0.15, -0.1) is 0 Å². The average Bonchev–Trinajstić information content (AvgIpc) is 3.04. The summed E-state index contributed by atoms with van der Waals surface area (Å²) in [4.78, 5) is 13.8. The van der Waals surface area contributed by atoms with Gasteiger partial charge in [-0.05, 0) is 17.7 Å². The summed E-state index contributed by atoms with van der Waals surface area (Å²) in [5.41, 5.74) is 2.34. The van der Waals surface area contributed by atoms with Crippen molar-refractivity contribution in [1.29, 1.82) is 0 Å². The van der Waals surface area contributed by atoms with Crippen molar-refractivity contribution in [1.82, 2.24) is 10.1 Å². The highest BCUT2D eigenvalue weighted by atomic mass is 19.1. The maximum Gasteiger partial charge on any atom is 0.227 e. The second kappa shape index (κ2) is 7.08. The Morgan fingerprint density at radius 2 is 1.92 bits per heavy atom. The summed E-state index contributed by atoms with van der Waals surface area (Å²) in [7, 11) is 1.69. The molecular weight excluding hydrogens is 307 g/mol. The second-order valence-corrected chi connectivity index (χ2v) is 5.60. The molecule has 0 atom stereocenters. The van der Waals surface area contributed by atoms with Gasteiger partial charge in [0.05, 0.1) is 13.0 Å². The lowest BCUT2D eigenvalue weighted by Gasteiger charge is -2.15. The summed E-state index contributed by atoms with van der Waals surface area (Å²) in [6.45, 7) is 0.313. The third-order valence-corrected chi connectivity index (χ3v) is 3.69. The highest BCUT2D eigenvalue weighted by Gasteiger charge is 2.14. The van der Waals surface area contributed by atoms with Crippen molar-refractivity contribution in [3.63, 3.8) is 0 Å². The monoisotopic (exact) mass is 324 g/mol. The standard InChI is InChI=1S/C19H17FN2O2/c1-22(19(23)11-14-6-5-9-16(20)10-14)13-17-12-18(21-24-17)15-7-3-2-4-8-15/h2-10,12H,11,13H2,1H3. The summed E-state index contributed by atoms with van der Waals surface area (Å²) in [6.07, 6.45) is 0.147. The van der Waals surface area contributed by atoms with Crippen LogP contribution in [-0.4, -0.2) is 23.0 Å². The molecule has 3 rings (SSSR count). The van der Waals surface area contributed by atoms with Crippen LogP contribution < -0.4 is 0 Å². The molecule has 1 heterocycles. The number of aromatic nitrogens is 1. The van der Waals surface area contributed by atoms with Crippen LogP contribution >= 0.6 is 0 Å². The number of carbonyl (C=O) groups is 1. The lowest BCUT2D eigenvalue weighted by molar-refractivity contribution is -0.129. The van der Waals surface area contributed by atoms with E-state index < -0.39 is 0 Å². The topological polar surface area (TPSA) is 46.3 Å². The Balaban J connectivity index is 1.63. The van der Waals surface area contributed by atoms with E-state index in [0.717, 1.165) is 11.3 Å². The summed E-state index contributed by atoms with van der Waals surface area (Å²) in [6, 6.07) is 17.6. The zero-order valence-corrected chi connectivity index (χ0v) is 13.3. The first kappa shape index (κ1) is 15.9. The molecule has 0 saturated heterocycles. The Labute approximate surface area is 139 Å². The molecule has 0 fully saturated rings. The van der Waals surface area contributed by atoms with Crippen molar-refractivity contribution in [2.24, 2.45) is 0 Å². The quantitative estimate of drug-likeness (QED) is 0.719. The molecule has 3 aromatic rings. The van der Waals surface area contributed by atoms with Crippen LogP contribution in [0.3, 0.4) is 0 Å². The Morgan fingerprint density at radius 1 is 1.12 bits per heavy atom. The number of hydrogen-bond acceptors (Lipinski definition) is 3.